The molecule has 0 saturated heterocycles. The standard InChI is InChI=1S/C18H17BrN4O3S/c1-20-27(25,26)15-8-2-12(3-9-15)11-21-18(24)17-10-16(22-23-17)13-4-6-14(19)7-5-13/h2-10,20H,11H2,1H3,(H,21,24)(H,22,23). The van der Waals surface area contributed by atoms with Crippen molar-refractivity contribution in [2.45, 2.75) is 11.4 Å². The van der Waals surface area contributed by atoms with Gasteiger partial charge in [-0.1, -0.05) is 40.2 Å². The van der Waals surface area contributed by atoms with Crippen molar-refractivity contribution in [2.75, 3.05) is 7.05 Å². The first-order valence-corrected chi connectivity index (χ1v) is 10.3. The van der Waals surface area contributed by atoms with Crippen LogP contribution in [0.3, 0.4) is 0 Å². The Hall–Kier alpha value is -2.49. The molecule has 140 valence electrons. The molecular weight excluding hydrogens is 432 g/mol. The number of halogens is 1. The molecule has 0 atom stereocenters. The van der Waals surface area contributed by atoms with E-state index in [-0.39, 0.29) is 17.3 Å². The maximum absolute atomic E-state index is 12.3. The average molecular weight is 449 g/mol. The molecule has 0 saturated carbocycles. The number of aromatic nitrogens is 2. The van der Waals surface area contributed by atoms with Crippen LogP contribution in [-0.4, -0.2) is 31.6 Å². The van der Waals surface area contributed by atoms with Crippen LogP contribution < -0.4 is 10.0 Å². The summed E-state index contributed by atoms with van der Waals surface area (Å²) < 4.78 is 26.6. The first-order valence-electron chi connectivity index (χ1n) is 8.01. The minimum Gasteiger partial charge on any atom is -0.347 e. The van der Waals surface area contributed by atoms with Gasteiger partial charge < -0.3 is 5.32 Å². The van der Waals surface area contributed by atoms with Crippen LogP contribution in [0.4, 0.5) is 0 Å². The summed E-state index contributed by atoms with van der Waals surface area (Å²) in [7, 11) is -2.11. The van der Waals surface area contributed by atoms with E-state index in [0.29, 0.717) is 11.4 Å². The molecule has 0 unspecified atom stereocenters. The molecule has 0 bridgehead atoms. The van der Waals surface area contributed by atoms with Gasteiger partial charge in [0, 0.05) is 16.6 Å². The average Bonchev–Trinajstić information content (AvgIpc) is 3.17. The Labute approximate surface area is 165 Å². The molecule has 7 nitrogen and oxygen atoms in total. The molecule has 3 N–H and O–H groups in total. The Morgan fingerprint density at radius 3 is 2.41 bits per heavy atom. The number of carbonyl (C=O) groups is 1. The summed E-state index contributed by atoms with van der Waals surface area (Å²) in [4.78, 5) is 12.5. The highest BCUT2D eigenvalue weighted by atomic mass is 79.9. The number of benzene rings is 2. The second-order valence-electron chi connectivity index (χ2n) is 5.71. The fraction of sp³-hybridized carbons (Fsp3) is 0.111. The molecule has 9 heteroatoms. The number of aromatic amines is 1. The molecule has 0 radical (unpaired) electrons. The fourth-order valence-corrected chi connectivity index (χ4v) is 3.38. The van der Waals surface area contributed by atoms with Crippen LogP contribution in [0.25, 0.3) is 11.3 Å². The second kappa shape index (κ2) is 8.03. The summed E-state index contributed by atoms with van der Waals surface area (Å²) in [5, 5.41) is 9.67. The lowest BCUT2D eigenvalue weighted by molar-refractivity contribution is 0.0946. The highest BCUT2D eigenvalue weighted by Crippen LogP contribution is 2.20. The molecule has 2 aromatic carbocycles. The maximum Gasteiger partial charge on any atom is 0.269 e. The molecule has 0 spiro atoms. The third-order valence-corrected chi connectivity index (χ3v) is 5.88. The Balaban J connectivity index is 1.64. The van der Waals surface area contributed by atoms with Crippen LogP contribution in [0, 0.1) is 0 Å². The van der Waals surface area contributed by atoms with Crippen molar-refractivity contribution in [2.24, 2.45) is 0 Å². The first kappa shape index (κ1) is 19.3. The monoisotopic (exact) mass is 448 g/mol. The molecule has 1 heterocycles. The van der Waals surface area contributed by atoms with Gasteiger partial charge in [0.05, 0.1) is 10.6 Å². The second-order valence-corrected chi connectivity index (χ2v) is 8.51. The minimum atomic E-state index is -3.47. The molecular formula is C18H17BrN4O3S. The van der Waals surface area contributed by atoms with Gasteiger partial charge in [-0.15, -0.1) is 0 Å². The third-order valence-electron chi connectivity index (χ3n) is 3.92. The number of sulfonamides is 1. The van der Waals surface area contributed by atoms with Crippen molar-refractivity contribution in [3.8, 4) is 11.3 Å². The lowest BCUT2D eigenvalue weighted by Gasteiger charge is -2.06. The third kappa shape index (κ3) is 4.62. The molecule has 3 aromatic rings. The number of H-pyrrole nitrogens is 1. The normalized spacial score (nSPS) is 11.3. The van der Waals surface area contributed by atoms with Gasteiger partial charge >= 0.3 is 0 Å². The van der Waals surface area contributed by atoms with Gasteiger partial charge in [-0.05, 0) is 42.9 Å². The van der Waals surface area contributed by atoms with Crippen molar-refractivity contribution in [1.29, 1.82) is 0 Å². The van der Waals surface area contributed by atoms with E-state index < -0.39 is 10.0 Å². The molecule has 0 aliphatic carbocycles. The zero-order valence-corrected chi connectivity index (χ0v) is 16.8. The summed E-state index contributed by atoms with van der Waals surface area (Å²) >= 11 is 3.38. The highest BCUT2D eigenvalue weighted by molar-refractivity contribution is 9.10. The van der Waals surface area contributed by atoms with Gasteiger partial charge in [0.25, 0.3) is 5.91 Å². The Morgan fingerprint density at radius 1 is 1.11 bits per heavy atom. The largest absolute Gasteiger partial charge is 0.347 e. The van der Waals surface area contributed by atoms with E-state index in [0.717, 1.165) is 15.6 Å². The number of hydrogen-bond acceptors (Lipinski definition) is 4. The van der Waals surface area contributed by atoms with Crippen molar-refractivity contribution < 1.29 is 13.2 Å². The van der Waals surface area contributed by atoms with Gasteiger partial charge in [0.15, 0.2) is 0 Å². The summed E-state index contributed by atoms with van der Waals surface area (Å²) in [6.07, 6.45) is 0. The molecule has 0 aliphatic heterocycles. The van der Waals surface area contributed by atoms with E-state index in [2.05, 4.69) is 36.2 Å². The predicted octanol–water partition coefficient (Wildman–Crippen LogP) is 2.68. The minimum absolute atomic E-state index is 0.174. The van der Waals surface area contributed by atoms with Crippen molar-refractivity contribution in [3.63, 3.8) is 0 Å². The van der Waals surface area contributed by atoms with E-state index in [1.165, 1.54) is 19.2 Å². The fourth-order valence-electron chi connectivity index (χ4n) is 2.39. The lowest BCUT2D eigenvalue weighted by atomic mass is 10.1. The van der Waals surface area contributed by atoms with E-state index in [1.807, 2.05) is 24.3 Å². The van der Waals surface area contributed by atoms with E-state index in [4.69, 9.17) is 0 Å². The van der Waals surface area contributed by atoms with Gasteiger partial charge in [0.2, 0.25) is 10.0 Å². The first-order chi connectivity index (χ1) is 12.9. The Kier molecular flexibility index (Phi) is 5.73. The van der Waals surface area contributed by atoms with Crippen molar-refractivity contribution in [1.82, 2.24) is 20.2 Å². The van der Waals surface area contributed by atoms with Crippen LogP contribution in [0.15, 0.2) is 64.0 Å². The number of rotatable bonds is 6. The Bertz CT molecular complexity index is 1040. The predicted molar refractivity (Wildman–Crippen MR) is 106 cm³/mol. The maximum atomic E-state index is 12.3. The van der Waals surface area contributed by atoms with Crippen LogP contribution in [0.5, 0.6) is 0 Å². The van der Waals surface area contributed by atoms with E-state index >= 15 is 0 Å². The van der Waals surface area contributed by atoms with Gasteiger partial charge in [0.1, 0.15) is 5.69 Å². The van der Waals surface area contributed by atoms with Gasteiger partial charge in [-0.3, -0.25) is 9.89 Å². The smallest absolute Gasteiger partial charge is 0.269 e. The number of hydrogen-bond donors (Lipinski definition) is 3. The van der Waals surface area contributed by atoms with Crippen molar-refractivity contribution >= 4 is 31.9 Å². The molecule has 1 amide bonds. The number of nitrogens with one attached hydrogen (secondary N) is 3. The summed E-state index contributed by atoms with van der Waals surface area (Å²) in [5.41, 5.74) is 2.71. The number of nitrogens with zero attached hydrogens (tertiary/aromatic N) is 1. The topological polar surface area (TPSA) is 104 Å². The highest BCUT2D eigenvalue weighted by Gasteiger charge is 2.12. The molecule has 27 heavy (non-hydrogen) atoms. The van der Waals surface area contributed by atoms with Crippen LogP contribution >= 0.6 is 15.9 Å². The van der Waals surface area contributed by atoms with Gasteiger partial charge in [-0.25, -0.2) is 13.1 Å². The van der Waals surface area contributed by atoms with Crippen LogP contribution in [-0.2, 0) is 16.6 Å². The molecule has 0 aliphatic rings. The quantitative estimate of drug-likeness (QED) is 0.538. The van der Waals surface area contributed by atoms with Crippen LogP contribution in [0.1, 0.15) is 16.1 Å². The van der Waals surface area contributed by atoms with Crippen LogP contribution in [0.2, 0.25) is 0 Å². The Morgan fingerprint density at radius 2 is 1.78 bits per heavy atom. The zero-order valence-electron chi connectivity index (χ0n) is 14.4. The summed E-state index contributed by atoms with van der Waals surface area (Å²) in [6.45, 7) is 0.269. The van der Waals surface area contributed by atoms with Gasteiger partial charge in [-0.2, -0.15) is 5.10 Å². The molecule has 3 rings (SSSR count). The lowest BCUT2D eigenvalue weighted by Crippen LogP contribution is -2.23. The van der Waals surface area contributed by atoms with E-state index in [9.17, 15) is 13.2 Å². The zero-order chi connectivity index (χ0) is 19.4. The molecule has 0 fully saturated rings. The number of amides is 1. The summed E-state index contributed by atoms with van der Waals surface area (Å²) in [6, 6.07) is 15.6. The number of carbonyl (C=O) groups excluding carboxylic acids is 1. The van der Waals surface area contributed by atoms with E-state index in [1.54, 1.807) is 18.2 Å². The SMILES string of the molecule is CNS(=O)(=O)c1ccc(CNC(=O)c2cc(-c3ccc(Br)cc3)n[nH]2)cc1. The van der Waals surface area contributed by atoms with Crippen molar-refractivity contribution in [3.05, 3.63) is 70.3 Å². The molecule has 1 aromatic heterocycles. The summed E-state index contributed by atoms with van der Waals surface area (Å²) in [5.74, 6) is -0.294.